The minimum absolute atomic E-state index is 0.0902. The van der Waals surface area contributed by atoms with Crippen molar-refractivity contribution in [1.82, 2.24) is 10.2 Å². The zero-order valence-corrected chi connectivity index (χ0v) is 12.9. The molecule has 0 bridgehead atoms. The Labute approximate surface area is 134 Å². The van der Waals surface area contributed by atoms with Crippen molar-refractivity contribution < 1.29 is 9.90 Å². The van der Waals surface area contributed by atoms with Gasteiger partial charge in [-0.2, -0.15) is 0 Å². The molecule has 0 aliphatic heterocycles. The third-order valence-electron chi connectivity index (χ3n) is 2.96. The number of halogens is 1. The quantitative estimate of drug-likeness (QED) is 0.667. The summed E-state index contributed by atoms with van der Waals surface area (Å²) in [6.07, 6.45) is 0. The first kappa shape index (κ1) is 13.7. The van der Waals surface area contributed by atoms with Gasteiger partial charge in [0.2, 0.25) is 0 Å². The Morgan fingerprint density at radius 1 is 1.10 bits per heavy atom. The molecule has 1 aromatic heterocycles. The number of carboxylic acid groups (broad SMARTS) is 1. The van der Waals surface area contributed by atoms with Crippen LogP contribution in [0.5, 0.6) is 0 Å². The second-order valence-electron chi connectivity index (χ2n) is 4.38. The lowest BCUT2D eigenvalue weighted by Gasteiger charge is -2.11. The molecule has 3 rings (SSSR count). The van der Waals surface area contributed by atoms with Gasteiger partial charge in [0.15, 0.2) is 5.69 Å². The number of aromatic carboxylic acids is 1. The first-order chi connectivity index (χ1) is 10.1. The maximum Gasteiger partial charge on any atom is 0.358 e. The van der Waals surface area contributed by atoms with E-state index in [1.165, 1.54) is 0 Å². The molecule has 0 amide bonds. The first-order valence-corrected chi connectivity index (χ1v) is 7.24. The Morgan fingerprint density at radius 3 is 2.67 bits per heavy atom. The molecular weight excluding hydrogens is 381 g/mol. The maximum absolute atomic E-state index is 11.4. The number of carboxylic acids is 1. The van der Waals surface area contributed by atoms with E-state index in [9.17, 15) is 9.90 Å². The van der Waals surface area contributed by atoms with Crippen LogP contribution in [0.1, 0.15) is 10.5 Å². The number of fused-ring (bicyclic) bond motifs is 1. The first-order valence-electron chi connectivity index (χ1n) is 6.16. The lowest BCUT2D eigenvalue weighted by molar-refractivity contribution is 0.0690. The monoisotopic (exact) mass is 391 g/mol. The minimum atomic E-state index is -1.11. The topological polar surface area (TPSA) is 75.1 Å². The number of aromatic nitrogens is 2. The second-order valence-corrected chi connectivity index (χ2v) is 5.63. The van der Waals surface area contributed by atoms with Crippen molar-refractivity contribution in [3.05, 3.63) is 57.8 Å². The second kappa shape index (κ2) is 5.65. The molecule has 0 fully saturated rings. The summed E-state index contributed by atoms with van der Waals surface area (Å²) in [6, 6.07) is 15.0. The maximum atomic E-state index is 11.4. The van der Waals surface area contributed by atoms with Gasteiger partial charge in [-0.25, -0.2) is 4.79 Å². The van der Waals surface area contributed by atoms with Gasteiger partial charge >= 0.3 is 5.97 Å². The Kier molecular flexibility index (Phi) is 3.70. The molecule has 0 aliphatic carbocycles. The highest BCUT2D eigenvalue weighted by Crippen LogP contribution is 2.28. The molecule has 0 unspecified atom stereocenters. The van der Waals surface area contributed by atoms with Crippen LogP contribution in [-0.2, 0) is 0 Å². The summed E-state index contributed by atoms with van der Waals surface area (Å²) in [5.74, 6) is -1.11. The summed E-state index contributed by atoms with van der Waals surface area (Å²) in [5.41, 5.74) is 1.82. The molecular formula is C15H10IN3O2. The molecule has 5 nitrogen and oxygen atoms in total. The highest BCUT2D eigenvalue weighted by Gasteiger charge is 2.16. The molecule has 2 N–H and O–H groups in total. The molecule has 0 atom stereocenters. The molecule has 3 aromatic rings. The van der Waals surface area contributed by atoms with Crippen LogP contribution in [0, 0.1) is 3.57 Å². The smallest absolute Gasteiger partial charge is 0.358 e. The predicted octanol–water partition coefficient (Wildman–Crippen LogP) is 3.68. The summed E-state index contributed by atoms with van der Waals surface area (Å²) in [5, 5.41) is 20.9. The summed E-state index contributed by atoms with van der Waals surface area (Å²) < 4.78 is 1.06. The van der Waals surface area contributed by atoms with Gasteiger partial charge in [0.05, 0.1) is 11.2 Å². The highest BCUT2D eigenvalue weighted by molar-refractivity contribution is 14.1. The molecule has 0 aliphatic rings. The van der Waals surface area contributed by atoms with E-state index < -0.39 is 5.97 Å². The average Bonchev–Trinajstić information content (AvgIpc) is 2.47. The van der Waals surface area contributed by atoms with E-state index in [1.54, 1.807) is 6.07 Å². The zero-order chi connectivity index (χ0) is 14.8. The molecule has 6 heteroatoms. The standard InChI is InChI=1S/C15H10IN3O2/c16-9-4-3-5-10(8-9)17-13-11-6-1-2-7-12(11)18-19-14(13)15(20)21/h1-8H,(H,17,18)(H,20,21). The van der Waals surface area contributed by atoms with Gasteiger partial charge in [-0.15, -0.1) is 10.2 Å². The van der Waals surface area contributed by atoms with E-state index in [2.05, 4.69) is 38.1 Å². The lowest BCUT2D eigenvalue weighted by atomic mass is 10.1. The number of anilines is 2. The fourth-order valence-electron chi connectivity index (χ4n) is 2.04. The third kappa shape index (κ3) is 2.80. The van der Waals surface area contributed by atoms with E-state index in [4.69, 9.17) is 0 Å². The third-order valence-corrected chi connectivity index (χ3v) is 3.64. The molecule has 0 radical (unpaired) electrons. The molecule has 0 saturated carbocycles. The van der Waals surface area contributed by atoms with E-state index in [0.717, 1.165) is 14.6 Å². The summed E-state index contributed by atoms with van der Waals surface area (Å²) in [4.78, 5) is 11.4. The van der Waals surface area contributed by atoms with E-state index in [-0.39, 0.29) is 5.69 Å². The highest BCUT2D eigenvalue weighted by atomic mass is 127. The van der Waals surface area contributed by atoms with Crippen molar-refractivity contribution in [3.8, 4) is 0 Å². The Morgan fingerprint density at radius 2 is 1.90 bits per heavy atom. The normalized spacial score (nSPS) is 10.5. The Balaban J connectivity index is 2.18. The fourth-order valence-corrected chi connectivity index (χ4v) is 2.58. The van der Waals surface area contributed by atoms with Crippen molar-refractivity contribution in [3.63, 3.8) is 0 Å². The average molecular weight is 391 g/mol. The SMILES string of the molecule is O=C(O)c1nnc2ccccc2c1Nc1cccc(I)c1. The number of hydrogen-bond acceptors (Lipinski definition) is 4. The zero-order valence-electron chi connectivity index (χ0n) is 10.7. The van der Waals surface area contributed by atoms with Crippen molar-refractivity contribution in [2.24, 2.45) is 0 Å². The van der Waals surface area contributed by atoms with Gasteiger partial charge in [0.25, 0.3) is 0 Å². The van der Waals surface area contributed by atoms with E-state index >= 15 is 0 Å². The largest absolute Gasteiger partial charge is 0.476 e. The van der Waals surface area contributed by atoms with Crippen LogP contribution in [0.25, 0.3) is 10.9 Å². The van der Waals surface area contributed by atoms with Crippen LogP contribution in [-0.4, -0.2) is 21.3 Å². The predicted molar refractivity (Wildman–Crippen MR) is 88.9 cm³/mol. The van der Waals surface area contributed by atoms with Crippen LogP contribution in [0.15, 0.2) is 48.5 Å². The lowest BCUT2D eigenvalue weighted by Crippen LogP contribution is -2.08. The summed E-state index contributed by atoms with van der Waals surface area (Å²) in [7, 11) is 0. The van der Waals surface area contributed by atoms with Crippen LogP contribution in [0.3, 0.4) is 0 Å². The molecule has 1 heterocycles. The fraction of sp³-hybridized carbons (Fsp3) is 0. The van der Waals surface area contributed by atoms with Crippen LogP contribution in [0.2, 0.25) is 0 Å². The number of benzene rings is 2. The molecule has 21 heavy (non-hydrogen) atoms. The Bertz CT molecular complexity index is 836. The van der Waals surface area contributed by atoms with Gasteiger partial charge in [-0.3, -0.25) is 0 Å². The van der Waals surface area contributed by atoms with E-state index in [0.29, 0.717) is 11.2 Å². The van der Waals surface area contributed by atoms with Crippen molar-refractivity contribution >= 4 is 50.8 Å². The van der Waals surface area contributed by atoms with Crippen molar-refractivity contribution in [2.75, 3.05) is 5.32 Å². The summed E-state index contributed by atoms with van der Waals surface area (Å²) >= 11 is 2.20. The molecule has 104 valence electrons. The number of rotatable bonds is 3. The number of nitrogens with zero attached hydrogens (tertiary/aromatic N) is 2. The van der Waals surface area contributed by atoms with E-state index in [1.807, 2.05) is 42.5 Å². The number of hydrogen-bond donors (Lipinski definition) is 2. The Hall–Kier alpha value is -2.22. The number of nitrogens with one attached hydrogen (secondary N) is 1. The van der Waals surface area contributed by atoms with Crippen LogP contribution in [0.4, 0.5) is 11.4 Å². The van der Waals surface area contributed by atoms with Crippen molar-refractivity contribution in [2.45, 2.75) is 0 Å². The summed E-state index contributed by atoms with van der Waals surface area (Å²) in [6.45, 7) is 0. The van der Waals surface area contributed by atoms with Gasteiger partial charge < -0.3 is 10.4 Å². The molecule has 2 aromatic carbocycles. The minimum Gasteiger partial charge on any atom is -0.476 e. The molecule has 0 saturated heterocycles. The van der Waals surface area contributed by atoms with Gasteiger partial charge in [-0.1, -0.05) is 24.3 Å². The number of carbonyl (C=O) groups is 1. The molecule has 0 spiro atoms. The van der Waals surface area contributed by atoms with Gasteiger partial charge in [0.1, 0.15) is 0 Å². The van der Waals surface area contributed by atoms with Gasteiger partial charge in [-0.05, 0) is 46.9 Å². The van der Waals surface area contributed by atoms with Crippen molar-refractivity contribution in [1.29, 1.82) is 0 Å². The van der Waals surface area contributed by atoms with Gasteiger partial charge in [0, 0.05) is 14.6 Å². The van der Waals surface area contributed by atoms with Crippen LogP contribution >= 0.6 is 22.6 Å². The van der Waals surface area contributed by atoms with Crippen LogP contribution < -0.4 is 5.32 Å².